The molecule has 7 nitrogen and oxygen atoms in total. The molecule has 7 heteroatoms. The average molecular weight is 385 g/mol. The lowest BCUT2D eigenvalue weighted by Gasteiger charge is -2.13. The third kappa shape index (κ3) is 5.57. The maximum Gasteiger partial charge on any atom is 0.326 e. The van der Waals surface area contributed by atoms with Crippen molar-refractivity contribution < 1.29 is 28.6 Å². The van der Waals surface area contributed by atoms with E-state index in [4.69, 9.17) is 14.2 Å². The van der Waals surface area contributed by atoms with Gasteiger partial charge in [0.25, 0.3) is 5.91 Å². The normalized spacial score (nSPS) is 11.3. The molecule has 0 saturated heterocycles. The Morgan fingerprint density at radius 2 is 1.50 bits per heavy atom. The van der Waals surface area contributed by atoms with Gasteiger partial charge >= 0.3 is 5.97 Å². The fourth-order valence-corrected chi connectivity index (χ4v) is 2.44. The van der Waals surface area contributed by atoms with Crippen LogP contribution in [0.15, 0.2) is 42.5 Å². The second-order valence-corrected chi connectivity index (χ2v) is 6.15. The quantitative estimate of drug-likeness (QED) is 0.555. The van der Waals surface area contributed by atoms with Crippen molar-refractivity contribution in [2.45, 2.75) is 20.0 Å². The highest BCUT2D eigenvalue weighted by molar-refractivity contribution is 6.00. The minimum atomic E-state index is -0.955. The van der Waals surface area contributed by atoms with Crippen LogP contribution in [-0.2, 0) is 9.53 Å². The number of nitrogens with one attached hydrogen (secondary N) is 1. The summed E-state index contributed by atoms with van der Waals surface area (Å²) < 4.78 is 15.3. The van der Waals surface area contributed by atoms with Crippen molar-refractivity contribution in [2.24, 2.45) is 0 Å². The summed E-state index contributed by atoms with van der Waals surface area (Å²) in [4.78, 5) is 36.5. The number of hydrogen-bond acceptors (Lipinski definition) is 6. The summed E-state index contributed by atoms with van der Waals surface area (Å²) in [5.74, 6) is -0.617. The number of esters is 1. The molecule has 0 fully saturated rings. The number of benzene rings is 2. The van der Waals surface area contributed by atoms with Crippen molar-refractivity contribution >= 4 is 17.7 Å². The van der Waals surface area contributed by atoms with Crippen molar-refractivity contribution in [3.63, 3.8) is 0 Å². The predicted molar refractivity (Wildman–Crippen MR) is 103 cm³/mol. The molecule has 0 radical (unpaired) electrons. The molecule has 0 aromatic heterocycles. The minimum absolute atomic E-state index is 0.271. The molecule has 1 N–H and O–H groups in total. The van der Waals surface area contributed by atoms with Crippen molar-refractivity contribution in [2.75, 3.05) is 20.8 Å². The monoisotopic (exact) mass is 385 g/mol. The van der Waals surface area contributed by atoms with E-state index in [-0.39, 0.29) is 17.9 Å². The number of methoxy groups -OCH3 is 2. The Kier molecular flexibility index (Phi) is 7.14. The maximum atomic E-state index is 12.3. The van der Waals surface area contributed by atoms with Crippen LogP contribution in [0.3, 0.4) is 0 Å². The number of Topliss-reactive ketones (excluding diaryl/α,β-unsaturated/α-hetero) is 1. The van der Waals surface area contributed by atoms with Gasteiger partial charge in [-0.1, -0.05) is 29.8 Å². The summed E-state index contributed by atoms with van der Waals surface area (Å²) in [5, 5.41) is 2.46. The van der Waals surface area contributed by atoms with Crippen molar-refractivity contribution in [1.29, 1.82) is 0 Å². The van der Waals surface area contributed by atoms with Crippen molar-refractivity contribution in [3.05, 3.63) is 59.2 Å². The Balaban J connectivity index is 1.92. The number of rotatable bonds is 8. The number of carbonyl (C=O) groups is 3. The molecule has 0 heterocycles. The van der Waals surface area contributed by atoms with Crippen LogP contribution in [0, 0.1) is 6.92 Å². The molecule has 2 rings (SSSR count). The summed E-state index contributed by atoms with van der Waals surface area (Å²) in [6, 6.07) is 11.7. The first kappa shape index (κ1) is 21.0. The standard InChI is InChI=1S/C21H23NO6/c1-13-5-7-15(8-6-13)20(24)14(2)28-19(23)12-22-21(25)16-9-17(26-3)11-18(10-16)27-4/h5-11,14H,12H2,1-4H3,(H,22,25)/t14-/m1/s1. The van der Waals surface area contributed by atoms with E-state index < -0.39 is 18.0 Å². The zero-order valence-corrected chi connectivity index (χ0v) is 16.3. The molecule has 0 bridgehead atoms. The molecule has 0 aliphatic carbocycles. The van der Waals surface area contributed by atoms with E-state index in [9.17, 15) is 14.4 Å². The highest BCUT2D eigenvalue weighted by Gasteiger charge is 2.20. The molecule has 1 amide bonds. The number of carbonyl (C=O) groups excluding carboxylic acids is 3. The van der Waals surface area contributed by atoms with Gasteiger partial charge in [-0.2, -0.15) is 0 Å². The summed E-state index contributed by atoms with van der Waals surface area (Å²) in [5.41, 5.74) is 1.75. The molecule has 0 unspecified atom stereocenters. The number of amides is 1. The van der Waals surface area contributed by atoms with E-state index in [2.05, 4.69) is 5.32 Å². The number of hydrogen-bond donors (Lipinski definition) is 1. The summed E-state index contributed by atoms with van der Waals surface area (Å²) in [6.45, 7) is 3.04. The number of aryl methyl sites for hydroxylation is 1. The third-order valence-corrected chi connectivity index (χ3v) is 4.02. The Hall–Kier alpha value is -3.35. The van der Waals surface area contributed by atoms with Gasteiger partial charge in [-0.05, 0) is 26.0 Å². The van der Waals surface area contributed by atoms with Crippen LogP contribution in [0.4, 0.5) is 0 Å². The average Bonchev–Trinajstić information content (AvgIpc) is 2.71. The third-order valence-electron chi connectivity index (χ3n) is 4.02. The summed E-state index contributed by atoms with van der Waals surface area (Å²) in [6.07, 6.45) is -0.955. The first-order valence-corrected chi connectivity index (χ1v) is 8.65. The van der Waals surface area contributed by atoms with Crippen LogP contribution < -0.4 is 14.8 Å². The molecule has 0 saturated carbocycles. The van der Waals surface area contributed by atoms with E-state index in [0.29, 0.717) is 17.1 Å². The highest BCUT2D eigenvalue weighted by atomic mass is 16.5. The van der Waals surface area contributed by atoms with Crippen molar-refractivity contribution in [1.82, 2.24) is 5.32 Å². The maximum absolute atomic E-state index is 12.3. The minimum Gasteiger partial charge on any atom is -0.497 e. The van der Waals surface area contributed by atoms with Gasteiger partial charge in [-0.3, -0.25) is 14.4 Å². The molecular formula is C21H23NO6. The Morgan fingerprint density at radius 3 is 2.04 bits per heavy atom. The van der Waals surface area contributed by atoms with Crippen LogP contribution in [0.2, 0.25) is 0 Å². The van der Waals surface area contributed by atoms with Crippen molar-refractivity contribution in [3.8, 4) is 11.5 Å². The Bertz CT molecular complexity index is 837. The molecule has 2 aromatic rings. The van der Waals surface area contributed by atoms with E-state index in [0.717, 1.165) is 5.56 Å². The number of ether oxygens (including phenoxy) is 3. The predicted octanol–water partition coefficient (Wildman–Crippen LogP) is 2.56. The smallest absolute Gasteiger partial charge is 0.326 e. The second kappa shape index (κ2) is 9.55. The van der Waals surface area contributed by atoms with Crippen LogP contribution in [0.5, 0.6) is 11.5 Å². The van der Waals surface area contributed by atoms with Crippen LogP contribution >= 0.6 is 0 Å². The van der Waals surface area contributed by atoms with Crippen LogP contribution in [0.25, 0.3) is 0 Å². The second-order valence-electron chi connectivity index (χ2n) is 6.15. The SMILES string of the molecule is COc1cc(OC)cc(C(=O)NCC(=O)O[C@H](C)C(=O)c2ccc(C)cc2)c1. The largest absolute Gasteiger partial charge is 0.497 e. The number of ketones is 1. The van der Waals surface area contributed by atoms with Gasteiger partial charge in [-0.15, -0.1) is 0 Å². The van der Waals surface area contributed by atoms with E-state index >= 15 is 0 Å². The molecule has 0 spiro atoms. The van der Waals surface area contributed by atoms with Gasteiger partial charge in [0.05, 0.1) is 14.2 Å². The lowest BCUT2D eigenvalue weighted by atomic mass is 10.1. The molecule has 0 aliphatic heterocycles. The Morgan fingerprint density at radius 1 is 0.929 bits per heavy atom. The van der Waals surface area contributed by atoms with E-state index in [1.165, 1.54) is 33.3 Å². The van der Waals surface area contributed by atoms with Gasteiger partial charge in [-0.25, -0.2) is 0 Å². The van der Waals surface area contributed by atoms with E-state index in [1.54, 1.807) is 18.2 Å². The van der Waals surface area contributed by atoms with Gasteiger partial charge in [0.2, 0.25) is 5.78 Å². The zero-order valence-electron chi connectivity index (χ0n) is 16.3. The molecule has 1 atom stereocenters. The summed E-state index contributed by atoms with van der Waals surface area (Å²) >= 11 is 0. The molecule has 0 aliphatic rings. The first-order chi connectivity index (χ1) is 13.3. The van der Waals surface area contributed by atoms with Gasteiger partial charge in [0, 0.05) is 17.2 Å². The molecule has 28 heavy (non-hydrogen) atoms. The lowest BCUT2D eigenvalue weighted by Crippen LogP contribution is -2.34. The van der Waals surface area contributed by atoms with E-state index in [1.807, 2.05) is 19.1 Å². The fraction of sp³-hybridized carbons (Fsp3) is 0.286. The Labute approximate surface area is 163 Å². The lowest BCUT2D eigenvalue weighted by molar-refractivity contribution is -0.145. The van der Waals surface area contributed by atoms with Gasteiger partial charge < -0.3 is 19.5 Å². The summed E-state index contributed by atoms with van der Waals surface area (Å²) in [7, 11) is 2.94. The molecular weight excluding hydrogens is 362 g/mol. The first-order valence-electron chi connectivity index (χ1n) is 8.65. The molecule has 148 valence electrons. The van der Waals surface area contributed by atoms with Gasteiger partial charge in [0.1, 0.15) is 18.0 Å². The molecule has 2 aromatic carbocycles. The highest BCUT2D eigenvalue weighted by Crippen LogP contribution is 2.22. The zero-order chi connectivity index (χ0) is 20.7. The fourth-order valence-electron chi connectivity index (χ4n) is 2.44. The topological polar surface area (TPSA) is 90.9 Å². The van der Waals surface area contributed by atoms with Gasteiger partial charge in [0.15, 0.2) is 6.10 Å². The van der Waals surface area contributed by atoms with Crippen LogP contribution in [0.1, 0.15) is 33.2 Å². The van der Waals surface area contributed by atoms with Crippen LogP contribution in [-0.4, -0.2) is 44.5 Å².